The summed E-state index contributed by atoms with van der Waals surface area (Å²) in [4.78, 5) is 29.3. The molecule has 8 heteroatoms. The topological polar surface area (TPSA) is 71.1 Å². The van der Waals surface area contributed by atoms with Crippen LogP contribution in [0.5, 0.6) is 0 Å². The quantitative estimate of drug-likeness (QED) is 0.614. The molecule has 5 nitrogen and oxygen atoms in total. The molecule has 0 fully saturated rings. The molecule has 2 N–H and O–H groups in total. The molecule has 0 spiro atoms. The Morgan fingerprint density at radius 3 is 2.48 bits per heavy atom. The number of benzene rings is 2. The molecule has 0 unspecified atom stereocenters. The van der Waals surface area contributed by atoms with Crippen LogP contribution in [0, 0.1) is 6.92 Å². The molecule has 0 bridgehead atoms. The van der Waals surface area contributed by atoms with Gasteiger partial charge in [0.1, 0.15) is 9.88 Å². The highest BCUT2D eigenvalue weighted by atomic mass is 35.5. The van der Waals surface area contributed by atoms with Crippen LogP contribution in [0.4, 0.5) is 0 Å². The van der Waals surface area contributed by atoms with E-state index in [1.807, 2.05) is 30.3 Å². The molecule has 2 amide bonds. The number of carbonyl (C=O) groups is 2. The van der Waals surface area contributed by atoms with Crippen molar-refractivity contribution in [2.45, 2.75) is 13.3 Å². The molecule has 2 aromatic carbocycles. The summed E-state index contributed by atoms with van der Waals surface area (Å²) < 4.78 is 0. The fraction of sp³-hybridized carbons (Fsp3) is 0.105. The SMILES string of the molecule is Cc1nc(-c2ccccc2)sc1C(=O)NNC(=O)Cc1ccc(Cl)c(Cl)c1. The molecule has 0 aliphatic rings. The Labute approximate surface area is 170 Å². The summed E-state index contributed by atoms with van der Waals surface area (Å²) in [5, 5.41) is 1.55. The predicted molar refractivity (Wildman–Crippen MR) is 108 cm³/mol. The first-order chi connectivity index (χ1) is 12.9. The van der Waals surface area contributed by atoms with Gasteiger partial charge in [-0.3, -0.25) is 20.4 Å². The van der Waals surface area contributed by atoms with Gasteiger partial charge >= 0.3 is 0 Å². The van der Waals surface area contributed by atoms with Crippen LogP contribution < -0.4 is 10.9 Å². The van der Waals surface area contributed by atoms with E-state index in [4.69, 9.17) is 23.2 Å². The molecule has 138 valence electrons. The van der Waals surface area contributed by atoms with Crippen molar-refractivity contribution in [2.24, 2.45) is 0 Å². The maximum Gasteiger partial charge on any atom is 0.281 e. The average molecular weight is 420 g/mol. The second-order valence-corrected chi connectivity index (χ2v) is 7.54. The van der Waals surface area contributed by atoms with Gasteiger partial charge in [-0.25, -0.2) is 4.98 Å². The van der Waals surface area contributed by atoms with Crippen molar-refractivity contribution in [3.05, 3.63) is 74.7 Å². The summed E-state index contributed by atoms with van der Waals surface area (Å²) in [6.07, 6.45) is 0.0636. The lowest BCUT2D eigenvalue weighted by atomic mass is 10.1. The van der Waals surface area contributed by atoms with E-state index in [-0.39, 0.29) is 12.3 Å². The Morgan fingerprint density at radius 1 is 1.04 bits per heavy atom. The maximum atomic E-state index is 12.4. The average Bonchev–Trinajstić information content (AvgIpc) is 3.05. The number of halogens is 2. The van der Waals surface area contributed by atoms with Gasteiger partial charge in [-0.05, 0) is 24.6 Å². The van der Waals surface area contributed by atoms with Gasteiger partial charge < -0.3 is 0 Å². The van der Waals surface area contributed by atoms with E-state index in [1.165, 1.54) is 11.3 Å². The molecule has 3 aromatic rings. The number of hydrogen-bond donors (Lipinski definition) is 2. The predicted octanol–water partition coefficient (Wildman–Crippen LogP) is 4.43. The van der Waals surface area contributed by atoms with Crippen LogP contribution in [0.2, 0.25) is 10.0 Å². The maximum absolute atomic E-state index is 12.4. The number of rotatable bonds is 4. The van der Waals surface area contributed by atoms with E-state index in [2.05, 4.69) is 15.8 Å². The molecular weight excluding hydrogens is 405 g/mol. The molecule has 0 radical (unpaired) electrons. The highest BCUT2D eigenvalue weighted by molar-refractivity contribution is 7.17. The van der Waals surface area contributed by atoms with Gasteiger partial charge in [0.15, 0.2) is 0 Å². The number of nitrogens with one attached hydrogen (secondary N) is 2. The zero-order valence-electron chi connectivity index (χ0n) is 14.3. The zero-order chi connectivity index (χ0) is 19.4. The van der Waals surface area contributed by atoms with Crippen LogP contribution in [0.25, 0.3) is 10.6 Å². The number of aryl methyl sites for hydroxylation is 1. The van der Waals surface area contributed by atoms with Crippen molar-refractivity contribution in [3.8, 4) is 10.6 Å². The van der Waals surface area contributed by atoms with Gasteiger partial charge in [0.05, 0.1) is 22.2 Å². The lowest BCUT2D eigenvalue weighted by molar-refractivity contribution is -0.121. The van der Waals surface area contributed by atoms with E-state index in [0.717, 1.165) is 10.6 Å². The first-order valence-electron chi connectivity index (χ1n) is 8.00. The summed E-state index contributed by atoms with van der Waals surface area (Å²) in [5.74, 6) is -0.776. The Hall–Kier alpha value is -2.41. The second-order valence-electron chi connectivity index (χ2n) is 5.73. The lowest BCUT2D eigenvalue weighted by Gasteiger charge is -2.07. The van der Waals surface area contributed by atoms with Gasteiger partial charge in [0, 0.05) is 5.56 Å². The van der Waals surface area contributed by atoms with Crippen LogP contribution in [-0.4, -0.2) is 16.8 Å². The van der Waals surface area contributed by atoms with Gasteiger partial charge in [0.2, 0.25) is 5.91 Å². The summed E-state index contributed by atoms with van der Waals surface area (Å²) >= 11 is 13.1. The lowest BCUT2D eigenvalue weighted by Crippen LogP contribution is -2.42. The molecule has 0 aliphatic carbocycles. The Morgan fingerprint density at radius 2 is 1.78 bits per heavy atom. The number of aromatic nitrogens is 1. The van der Waals surface area contributed by atoms with E-state index < -0.39 is 5.91 Å². The van der Waals surface area contributed by atoms with E-state index >= 15 is 0 Å². The second kappa shape index (κ2) is 8.52. The van der Waals surface area contributed by atoms with Gasteiger partial charge in [0.25, 0.3) is 5.91 Å². The fourth-order valence-electron chi connectivity index (χ4n) is 2.37. The largest absolute Gasteiger partial charge is 0.281 e. The number of carbonyl (C=O) groups excluding carboxylic acids is 2. The minimum atomic E-state index is -0.408. The van der Waals surface area contributed by atoms with Gasteiger partial charge in [-0.1, -0.05) is 59.6 Å². The highest BCUT2D eigenvalue weighted by Crippen LogP contribution is 2.27. The van der Waals surface area contributed by atoms with Crippen molar-refractivity contribution >= 4 is 46.4 Å². The third kappa shape index (κ3) is 4.86. The summed E-state index contributed by atoms with van der Waals surface area (Å²) in [7, 11) is 0. The molecule has 3 rings (SSSR count). The van der Waals surface area contributed by atoms with Crippen molar-refractivity contribution < 1.29 is 9.59 Å². The minimum Gasteiger partial charge on any atom is -0.273 e. The number of hydrogen-bond acceptors (Lipinski definition) is 4. The standard InChI is InChI=1S/C19H15Cl2N3O2S/c1-11-17(27-19(22-11)13-5-3-2-4-6-13)18(26)24-23-16(25)10-12-7-8-14(20)15(21)9-12/h2-9H,10H2,1H3,(H,23,25)(H,24,26). The minimum absolute atomic E-state index is 0.0636. The summed E-state index contributed by atoms with van der Waals surface area (Å²) in [6.45, 7) is 1.76. The summed E-state index contributed by atoms with van der Waals surface area (Å²) in [6, 6.07) is 14.5. The van der Waals surface area contributed by atoms with Gasteiger partial charge in [-0.15, -0.1) is 11.3 Å². The van der Waals surface area contributed by atoms with Crippen molar-refractivity contribution in [1.29, 1.82) is 0 Å². The van der Waals surface area contributed by atoms with Crippen molar-refractivity contribution in [1.82, 2.24) is 15.8 Å². The number of amides is 2. The molecule has 1 heterocycles. The van der Waals surface area contributed by atoms with Gasteiger partial charge in [-0.2, -0.15) is 0 Å². The summed E-state index contributed by atoms with van der Waals surface area (Å²) in [5.41, 5.74) is 7.06. The first-order valence-corrected chi connectivity index (χ1v) is 9.57. The van der Waals surface area contributed by atoms with Crippen molar-refractivity contribution in [3.63, 3.8) is 0 Å². The Bertz CT molecular complexity index is 990. The molecule has 0 aliphatic heterocycles. The Kier molecular flexibility index (Phi) is 6.11. The molecule has 27 heavy (non-hydrogen) atoms. The number of thiazole rings is 1. The van der Waals surface area contributed by atoms with Crippen LogP contribution >= 0.6 is 34.5 Å². The van der Waals surface area contributed by atoms with Crippen molar-refractivity contribution in [2.75, 3.05) is 0 Å². The van der Waals surface area contributed by atoms with Crippen LogP contribution in [-0.2, 0) is 11.2 Å². The molecule has 0 saturated carbocycles. The fourth-order valence-corrected chi connectivity index (χ4v) is 3.66. The van der Waals surface area contributed by atoms with E-state index in [1.54, 1.807) is 25.1 Å². The highest BCUT2D eigenvalue weighted by Gasteiger charge is 2.17. The third-order valence-electron chi connectivity index (χ3n) is 3.69. The smallest absolute Gasteiger partial charge is 0.273 e. The van der Waals surface area contributed by atoms with Crippen LogP contribution in [0.3, 0.4) is 0 Å². The normalized spacial score (nSPS) is 10.5. The number of hydrazine groups is 1. The molecule has 1 aromatic heterocycles. The molecule has 0 atom stereocenters. The van der Waals surface area contributed by atoms with E-state index in [9.17, 15) is 9.59 Å². The zero-order valence-corrected chi connectivity index (χ0v) is 16.6. The van der Waals surface area contributed by atoms with E-state index in [0.29, 0.717) is 26.2 Å². The molecule has 0 saturated heterocycles. The van der Waals surface area contributed by atoms with Crippen LogP contribution in [0.1, 0.15) is 20.9 Å². The first kappa shape index (κ1) is 19.4. The number of nitrogens with zero attached hydrogens (tertiary/aromatic N) is 1. The monoisotopic (exact) mass is 419 g/mol. The third-order valence-corrected chi connectivity index (χ3v) is 5.63. The van der Waals surface area contributed by atoms with Crippen LogP contribution in [0.15, 0.2) is 48.5 Å². The Balaban J connectivity index is 1.61. The molecular formula is C19H15Cl2N3O2S.